The molecule has 3 rings (SSSR count). The topological polar surface area (TPSA) is 57.2 Å². The van der Waals surface area contributed by atoms with Crippen molar-refractivity contribution in [3.63, 3.8) is 0 Å². The zero-order valence-corrected chi connectivity index (χ0v) is 12.2. The van der Waals surface area contributed by atoms with Crippen molar-refractivity contribution < 1.29 is 4.74 Å². The van der Waals surface area contributed by atoms with Crippen molar-refractivity contribution in [2.45, 2.75) is 32.2 Å². The lowest BCUT2D eigenvalue weighted by Crippen LogP contribution is -2.23. The highest BCUT2D eigenvalue weighted by atomic mass is 16.5. The molecule has 0 atom stereocenters. The minimum absolute atomic E-state index is 0.0821. The van der Waals surface area contributed by atoms with Gasteiger partial charge in [0, 0.05) is 6.04 Å². The van der Waals surface area contributed by atoms with Crippen LogP contribution >= 0.6 is 0 Å². The number of nitrogens with two attached hydrogens (primary N) is 1. The highest BCUT2D eigenvalue weighted by molar-refractivity contribution is 5.62. The number of pyridine rings is 1. The summed E-state index contributed by atoms with van der Waals surface area (Å²) in [6, 6.07) is 11.8. The average Bonchev–Trinajstić information content (AvgIpc) is 3.33. The molecule has 1 aliphatic rings. The second-order valence-electron chi connectivity index (χ2n) is 5.45. The average molecular weight is 284 g/mol. The standard InChI is InChI=1S/C17H20N2O2/c1-2-11-21-14-7-3-12(4-8-14)16-10-9-15(18)17(20)19(16)13-5-6-13/h3-4,7-10,13H,2,5-6,11,18H2,1H3. The number of nitrogen functional groups attached to an aromatic ring is 1. The molecule has 0 spiro atoms. The smallest absolute Gasteiger partial charge is 0.274 e. The molecule has 1 aromatic heterocycles. The number of rotatable bonds is 5. The lowest BCUT2D eigenvalue weighted by Gasteiger charge is -2.13. The van der Waals surface area contributed by atoms with Crippen LogP contribution in [0.1, 0.15) is 32.2 Å². The molecule has 4 nitrogen and oxygen atoms in total. The number of ether oxygens (including phenoxy) is 1. The van der Waals surface area contributed by atoms with Gasteiger partial charge in [-0.15, -0.1) is 0 Å². The van der Waals surface area contributed by atoms with Crippen molar-refractivity contribution in [1.82, 2.24) is 4.57 Å². The Bertz CT molecular complexity index is 685. The first-order valence-corrected chi connectivity index (χ1v) is 7.45. The Morgan fingerprint density at radius 1 is 1.19 bits per heavy atom. The van der Waals surface area contributed by atoms with E-state index in [4.69, 9.17) is 10.5 Å². The zero-order valence-electron chi connectivity index (χ0n) is 12.2. The third kappa shape index (κ3) is 2.79. The van der Waals surface area contributed by atoms with Gasteiger partial charge < -0.3 is 15.0 Å². The van der Waals surface area contributed by atoms with E-state index in [1.165, 1.54) is 0 Å². The lowest BCUT2D eigenvalue weighted by molar-refractivity contribution is 0.317. The zero-order chi connectivity index (χ0) is 14.8. The van der Waals surface area contributed by atoms with Crippen molar-refractivity contribution in [3.8, 4) is 17.0 Å². The summed E-state index contributed by atoms with van der Waals surface area (Å²) in [4.78, 5) is 12.3. The fourth-order valence-corrected chi connectivity index (χ4v) is 2.44. The second kappa shape index (κ2) is 5.64. The van der Waals surface area contributed by atoms with Gasteiger partial charge in [-0.2, -0.15) is 0 Å². The molecule has 1 aromatic carbocycles. The molecule has 21 heavy (non-hydrogen) atoms. The van der Waals surface area contributed by atoms with Gasteiger partial charge in [-0.05, 0) is 61.2 Å². The highest BCUT2D eigenvalue weighted by Crippen LogP contribution is 2.37. The van der Waals surface area contributed by atoms with Crippen molar-refractivity contribution in [1.29, 1.82) is 0 Å². The van der Waals surface area contributed by atoms with Crippen molar-refractivity contribution >= 4 is 5.69 Å². The minimum atomic E-state index is -0.0821. The predicted molar refractivity (Wildman–Crippen MR) is 84.6 cm³/mol. The maximum Gasteiger partial charge on any atom is 0.274 e. The normalized spacial score (nSPS) is 14.1. The Kier molecular flexibility index (Phi) is 3.69. The number of hydrogen-bond acceptors (Lipinski definition) is 3. The monoisotopic (exact) mass is 284 g/mol. The van der Waals surface area contributed by atoms with Crippen LogP contribution in [-0.2, 0) is 0 Å². The first kappa shape index (κ1) is 13.7. The third-order valence-corrected chi connectivity index (χ3v) is 3.68. The molecule has 4 heteroatoms. The molecular formula is C17H20N2O2. The minimum Gasteiger partial charge on any atom is -0.494 e. The summed E-state index contributed by atoms with van der Waals surface area (Å²) in [5, 5.41) is 0. The molecule has 0 unspecified atom stereocenters. The number of anilines is 1. The van der Waals surface area contributed by atoms with E-state index in [2.05, 4.69) is 6.92 Å². The fraction of sp³-hybridized carbons (Fsp3) is 0.353. The fourth-order valence-electron chi connectivity index (χ4n) is 2.44. The summed E-state index contributed by atoms with van der Waals surface area (Å²) in [7, 11) is 0. The van der Waals surface area contributed by atoms with E-state index in [0.717, 1.165) is 36.3 Å². The summed E-state index contributed by atoms with van der Waals surface area (Å²) in [6.45, 7) is 2.80. The summed E-state index contributed by atoms with van der Waals surface area (Å²) < 4.78 is 7.42. The Hall–Kier alpha value is -2.23. The first-order chi connectivity index (χ1) is 10.2. The van der Waals surface area contributed by atoms with Gasteiger partial charge in [-0.25, -0.2) is 0 Å². The molecular weight excluding hydrogens is 264 g/mol. The van der Waals surface area contributed by atoms with Crippen LogP contribution in [0, 0.1) is 0 Å². The van der Waals surface area contributed by atoms with Gasteiger partial charge >= 0.3 is 0 Å². The summed E-state index contributed by atoms with van der Waals surface area (Å²) in [5.41, 5.74) is 7.94. The summed E-state index contributed by atoms with van der Waals surface area (Å²) >= 11 is 0. The lowest BCUT2D eigenvalue weighted by atomic mass is 10.1. The molecule has 0 amide bonds. The Labute approximate surface area is 124 Å². The van der Waals surface area contributed by atoms with E-state index in [0.29, 0.717) is 18.3 Å². The van der Waals surface area contributed by atoms with E-state index in [1.54, 1.807) is 6.07 Å². The van der Waals surface area contributed by atoms with Crippen LogP contribution in [-0.4, -0.2) is 11.2 Å². The molecule has 1 fully saturated rings. The SMILES string of the molecule is CCCOc1ccc(-c2ccc(N)c(=O)n2C2CC2)cc1. The van der Waals surface area contributed by atoms with Gasteiger partial charge in [0.25, 0.3) is 5.56 Å². The molecule has 0 bridgehead atoms. The van der Waals surface area contributed by atoms with Gasteiger partial charge in [-0.3, -0.25) is 4.79 Å². The maximum absolute atomic E-state index is 12.3. The van der Waals surface area contributed by atoms with Crippen molar-refractivity contribution in [3.05, 3.63) is 46.8 Å². The van der Waals surface area contributed by atoms with E-state index in [9.17, 15) is 4.79 Å². The van der Waals surface area contributed by atoms with Gasteiger partial charge in [0.15, 0.2) is 0 Å². The van der Waals surface area contributed by atoms with Crippen LogP contribution in [0.25, 0.3) is 11.3 Å². The van der Waals surface area contributed by atoms with Crippen LogP contribution in [0.15, 0.2) is 41.2 Å². The molecule has 1 saturated carbocycles. The van der Waals surface area contributed by atoms with Crippen LogP contribution in [0.5, 0.6) is 5.75 Å². The van der Waals surface area contributed by atoms with E-state index in [1.807, 2.05) is 34.9 Å². The number of hydrogen-bond donors (Lipinski definition) is 1. The molecule has 0 radical (unpaired) electrons. The number of nitrogens with zero attached hydrogens (tertiary/aromatic N) is 1. The second-order valence-corrected chi connectivity index (χ2v) is 5.45. The van der Waals surface area contributed by atoms with Crippen LogP contribution < -0.4 is 16.0 Å². The van der Waals surface area contributed by atoms with E-state index in [-0.39, 0.29) is 5.56 Å². The molecule has 2 N–H and O–H groups in total. The van der Waals surface area contributed by atoms with Crippen LogP contribution in [0.2, 0.25) is 0 Å². The quantitative estimate of drug-likeness (QED) is 0.917. The molecule has 110 valence electrons. The maximum atomic E-state index is 12.3. The van der Waals surface area contributed by atoms with Gasteiger partial charge in [0.1, 0.15) is 5.75 Å². The van der Waals surface area contributed by atoms with Crippen molar-refractivity contribution in [2.75, 3.05) is 12.3 Å². The van der Waals surface area contributed by atoms with E-state index >= 15 is 0 Å². The first-order valence-electron chi connectivity index (χ1n) is 7.45. The highest BCUT2D eigenvalue weighted by Gasteiger charge is 2.27. The van der Waals surface area contributed by atoms with Gasteiger partial charge in [-0.1, -0.05) is 6.92 Å². The molecule has 1 heterocycles. The Balaban J connectivity index is 1.97. The summed E-state index contributed by atoms with van der Waals surface area (Å²) in [6.07, 6.45) is 3.09. The Morgan fingerprint density at radius 2 is 1.90 bits per heavy atom. The molecule has 1 aliphatic carbocycles. The predicted octanol–water partition coefficient (Wildman–Crippen LogP) is 3.22. The number of benzene rings is 1. The van der Waals surface area contributed by atoms with E-state index < -0.39 is 0 Å². The number of aromatic nitrogens is 1. The third-order valence-electron chi connectivity index (χ3n) is 3.68. The van der Waals surface area contributed by atoms with Gasteiger partial charge in [0.2, 0.25) is 0 Å². The Morgan fingerprint density at radius 3 is 2.52 bits per heavy atom. The van der Waals surface area contributed by atoms with Crippen LogP contribution in [0.4, 0.5) is 5.69 Å². The summed E-state index contributed by atoms with van der Waals surface area (Å²) in [5.74, 6) is 0.858. The van der Waals surface area contributed by atoms with Gasteiger partial charge in [0.05, 0.1) is 18.0 Å². The molecule has 0 aliphatic heterocycles. The molecule has 0 saturated heterocycles. The largest absolute Gasteiger partial charge is 0.494 e. The molecule has 2 aromatic rings. The van der Waals surface area contributed by atoms with Crippen LogP contribution in [0.3, 0.4) is 0 Å². The van der Waals surface area contributed by atoms with Crippen molar-refractivity contribution in [2.24, 2.45) is 0 Å².